The third kappa shape index (κ3) is 2.34. The molecular formula is C21H35BO. The number of allylic oxidation sites excluding steroid dienone is 1. The highest BCUT2D eigenvalue weighted by Crippen LogP contribution is 2.67. The fraction of sp³-hybridized carbons (Fsp3) is 0.905. The average molecular weight is 314 g/mol. The molecule has 6 aliphatic rings. The maximum atomic E-state index is 9.27. The molecule has 1 nitrogen and oxygen atoms in total. The summed E-state index contributed by atoms with van der Waals surface area (Å²) in [5.41, 5.74) is 0.591. The van der Waals surface area contributed by atoms with Gasteiger partial charge in [0.25, 0.3) is 0 Å². The minimum atomic E-state index is 0.591. The highest BCUT2D eigenvalue weighted by molar-refractivity contribution is 6.62. The predicted molar refractivity (Wildman–Crippen MR) is 99.0 cm³/mol. The molecule has 2 heteroatoms. The first-order valence-corrected chi connectivity index (χ1v) is 10.2. The van der Waals surface area contributed by atoms with Crippen LogP contribution in [0, 0.1) is 40.9 Å². The van der Waals surface area contributed by atoms with E-state index in [0.29, 0.717) is 5.41 Å². The number of hydrogen-bond acceptors (Lipinski definition) is 1. The van der Waals surface area contributed by atoms with Gasteiger partial charge in [-0.3, -0.25) is 0 Å². The molecule has 0 spiro atoms. The number of aliphatic hydroxyl groups excluding tert-OH is 1. The molecule has 6 atom stereocenters. The molecule has 0 saturated heterocycles. The molecule has 6 rings (SSSR count). The summed E-state index contributed by atoms with van der Waals surface area (Å²) in [6.45, 7) is 10.9. The van der Waals surface area contributed by atoms with Gasteiger partial charge in [0, 0.05) is 0 Å². The first-order valence-electron chi connectivity index (χ1n) is 10.2. The lowest BCUT2D eigenvalue weighted by atomic mass is 9.21. The van der Waals surface area contributed by atoms with E-state index in [1.54, 1.807) is 0 Å². The summed E-state index contributed by atoms with van der Waals surface area (Å²) < 4.78 is 0. The molecule has 0 aromatic heterocycles. The summed E-state index contributed by atoms with van der Waals surface area (Å²) in [6, 6.07) is 0. The van der Waals surface area contributed by atoms with Crippen molar-refractivity contribution in [2.45, 2.75) is 77.8 Å². The Morgan fingerprint density at radius 1 is 1.00 bits per heavy atom. The van der Waals surface area contributed by atoms with Crippen LogP contribution in [0.1, 0.15) is 59.8 Å². The van der Waals surface area contributed by atoms with Crippen LogP contribution in [0.3, 0.4) is 0 Å². The molecular weight excluding hydrogens is 279 g/mol. The zero-order valence-electron chi connectivity index (χ0n) is 15.5. The van der Waals surface area contributed by atoms with Gasteiger partial charge in [0.05, 0.1) is 6.26 Å². The Bertz CT molecular complexity index is 478. The van der Waals surface area contributed by atoms with Crippen molar-refractivity contribution in [2.24, 2.45) is 40.9 Å². The van der Waals surface area contributed by atoms with Gasteiger partial charge in [0.2, 0.25) is 0 Å². The molecule has 0 aromatic rings. The fourth-order valence-electron chi connectivity index (χ4n) is 7.56. The molecule has 6 unspecified atom stereocenters. The van der Waals surface area contributed by atoms with Gasteiger partial charge in [-0.05, 0) is 60.2 Å². The summed E-state index contributed by atoms with van der Waals surface area (Å²) in [7, 11) is 0. The largest absolute Gasteiger partial charge is 0.516 e. The third-order valence-corrected chi connectivity index (χ3v) is 9.32. The summed E-state index contributed by atoms with van der Waals surface area (Å²) in [6.07, 6.45) is 11.9. The molecule has 128 valence electrons. The number of aliphatic hydroxyl groups is 1. The molecule has 6 aliphatic carbocycles. The van der Waals surface area contributed by atoms with E-state index in [0.717, 1.165) is 60.2 Å². The zero-order valence-corrected chi connectivity index (χ0v) is 15.5. The highest BCUT2D eigenvalue weighted by atomic mass is 16.2. The summed E-state index contributed by atoms with van der Waals surface area (Å²) in [5.74, 6) is 7.55. The molecule has 0 aliphatic heterocycles. The molecule has 6 saturated carbocycles. The Kier molecular flexibility index (Phi) is 3.89. The van der Waals surface area contributed by atoms with Crippen molar-refractivity contribution < 1.29 is 5.11 Å². The van der Waals surface area contributed by atoms with Crippen LogP contribution in [-0.4, -0.2) is 11.8 Å². The third-order valence-electron chi connectivity index (χ3n) is 9.32. The molecule has 1 N–H and O–H groups in total. The van der Waals surface area contributed by atoms with Crippen molar-refractivity contribution in [3.63, 3.8) is 0 Å². The van der Waals surface area contributed by atoms with Crippen LogP contribution < -0.4 is 0 Å². The van der Waals surface area contributed by atoms with E-state index in [2.05, 4.69) is 33.8 Å². The van der Waals surface area contributed by atoms with Crippen molar-refractivity contribution in [2.75, 3.05) is 0 Å². The number of fused-ring (bicyclic) bond motifs is 4. The second-order valence-corrected chi connectivity index (χ2v) is 10.3. The zero-order chi connectivity index (χ0) is 16.4. The minimum absolute atomic E-state index is 0.591. The molecule has 6 fully saturated rings. The van der Waals surface area contributed by atoms with E-state index in [9.17, 15) is 5.11 Å². The van der Waals surface area contributed by atoms with Crippen LogP contribution in [0.5, 0.6) is 0 Å². The van der Waals surface area contributed by atoms with Crippen molar-refractivity contribution in [3.8, 4) is 0 Å². The Hall–Kier alpha value is -0.395. The molecule has 23 heavy (non-hydrogen) atoms. The molecule has 0 aromatic carbocycles. The maximum absolute atomic E-state index is 9.27. The van der Waals surface area contributed by atoms with E-state index >= 15 is 0 Å². The van der Waals surface area contributed by atoms with E-state index in [1.807, 2.05) is 0 Å². The highest BCUT2D eigenvalue weighted by Gasteiger charge is 2.59. The van der Waals surface area contributed by atoms with Crippen LogP contribution >= 0.6 is 0 Å². The summed E-state index contributed by atoms with van der Waals surface area (Å²) in [5, 5.41) is 9.27. The van der Waals surface area contributed by atoms with Gasteiger partial charge in [-0.15, -0.1) is 0 Å². The van der Waals surface area contributed by atoms with Gasteiger partial charge in [-0.25, -0.2) is 0 Å². The number of rotatable bonds is 4. The van der Waals surface area contributed by atoms with E-state index < -0.39 is 0 Å². The van der Waals surface area contributed by atoms with Crippen LogP contribution in [0.25, 0.3) is 0 Å². The van der Waals surface area contributed by atoms with Crippen LogP contribution in [-0.2, 0) is 0 Å². The van der Waals surface area contributed by atoms with Gasteiger partial charge in [0.1, 0.15) is 0 Å². The second kappa shape index (κ2) is 5.56. The molecule has 0 radical (unpaired) electrons. The smallest absolute Gasteiger partial charge is 0.150 e. The van der Waals surface area contributed by atoms with Crippen molar-refractivity contribution in [3.05, 3.63) is 12.3 Å². The Labute approximate surface area is 143 Å². The predicted octanol–water partition coefficient (Wildman–Crippen LogP) is 6.06. The summed E-state index contributed by atoms with van der Waals surface area (Å²) >= 11 is 0. The molecule has 4 bridgehead atoms. The Morgan fingerprint density at radius 3 is 2.26 bits per heavy atom. The lowest BCUT2D eigenvalue weighted by Gasteiger charge is -2.64. The second-order valence-electron chi connectivity index (χ2n) is 10.3. The van der Waals surface area contributed by atoms with Crippen molar-refractivity contribution in [1.29, 1.82) is 0 Å². The van der Waals surface area contributed by atoms with Crippen LogP contribution in [0.4, 0.5) is 0 Å². The van der Waals surface area contributed by atoms with Gasteiger partial charge < -0.3 is 5.11 Å². The van der Waals surface area contributed by atoms with Crippen LogP contribution in [0.2, 0.25) is 18.0 Å². The van der Waals surface area contributed by atoms with E-state index in [1.165, 1.54) is 38.4 Å². The SMILES string of the molecule is CC1C2CC(C2)CC1B(C/C=C\O)C1CC2CC(C1C)C2(C)C. The fourth-order valence-corrected chi connectivity index (χ4v) is 7.56. The maximum Gasteiger partial charge on any atom is 0.150 e. The standard InChI is InChI=1S/C21H35BO/c1-13-16-8-15(9-16)10-19(13)22(6-5-7-23)20-12-17-11-18(14(20)2)21(17,3)4/h5,7,13-20,23H,6,8-12H2,1-4H3/b7-5-. The first kappa shape index (κ1) is 16.1. The minimum Gasteiger partial charge on any atom is -0.516 e. The van der Waals surface area contributed by atoms with Gasteiger partial charge in [-0.1, -0.05) is 64.6 Å². The average Bonchev–Trinajstić information content (AvgIpc) is 2.48. The topological polar surface area (TPSA) is 20.2 Å². The van der Waals surface area contributed by atoms with Crippen molar-refractivity contribution in [1.82, 2.24) is 0 Å². The lowest BCUT2D eigenvalue weighted by Crippen LogP contribution is -2.57. The quantitative estimate of drug-likeness (QED) is 0.494. The Balaban J connectivity index is 1.55. The molecule has 0 amide bonds. The van der Waals surface area contributed by atoms with Gasteiger partial charge >= 0.3 is 0 Å². The van der Waals surface area contributed by atoms with Crippen LogP contribution in [0.15, 0.2) is 12.3 Å². The molecule has 0 heterocycles. The summed E-state index contributed by atoms with van der Waals surface area (Å²) in [4.78, 5) is 0. The van der Waals surface area contributed by atoms with E-state index in [4.69, 9.17) is 0 Å². The normalized spacial score (nSPS) is 50.3. The van der Waals surface area contributed by atoms with Gasteiger partial charge in [-0.2, -0.15) is 0 Å². The first-order chi connectivity index (χ1) is 10.9. The van der Waals surface area contributed by atoms with Crippen molar-refractivity contribution >= 4 is 6.71 Å². The number of hydrogen-bond donors (Lipinski definition) is 1. The lowest BCUT2D eigenvalue weighted by molar-refractivity contribution is -0.0998. The van der Waals surface area contributed by atoms with E-state index in [-0.39, 0.29) is 0 Å². The van der Waals surface area contributed by atoms with Gasteiger partial charge in [0.15, 0.2) is 6.71 Å². The Morgan fingerprint density at radius 2 is 1.70 bits per heavy atom. The monoisotopic (exact) mass is 314 g/mol.